The van der Waals surface area contributed by atoms with Gasteiger partial charge in [0.25, 0.3) is 5.69 Å². The third-order valence-electron chi connectivity index (χ3n) is 3.78. The summed E-state index contributed by atoms with van der Waals surface area (Å²) in [6.07, 6.45) is -0.0756. The van der Waals surface area contributed by atoms with E-state index in [1.807, 2.05) is 0 Å². The maximum absolute atomic E-state index is 12.3. The van der Waals surface area contributed by atoms with E-state index in [9.17, 15) is 19.7 Å². The van der Waals surface area contributed by atoms with E-state index in [1.54, 1.807) is 12.1 Å². The van der Waals surface area contributed by atoms with Crippen molar-refractivity contribution in [3.05, 3.63) is 73.8 Å². The Labute approximate surface area is 165 Å². The summed E-state index contributed by atoms with van der Waals surface area (Å²) in [6.45, 7) is 0. The predicted octanol–water partition coefficient (Wildman–Crippen LogP) is 3.65. The van der Waals surface area contributed by atoms with E-state index in [-0.39, 0.29) is 30.9 Å². The van der Waals surface area contributed by atoms with Gasteiger partial charge in [-0.25, -0.2) is 0 Å². The third-order valence-corrected chi connectivity index (χ3v) is 4.37. The molecule has 0 aliphatic carbocycles. The molecule has 2 rings (SSSR count). The highest BCUT2D eigenvalue weighted by Crippen LogP contribution is 2.21. The molecule has 0 aromatic heterocycles. The maximum Gasteiger partial charge on any atom is 0.305 e. The summed E-state index contributed by atoms with van der Waals surface area (Å²) in [4.78, 5) is 33.6. The first kappa shape index (κ1) is 20.7. The van der Waals surface area contributed by atoms with Crippen LogP contribution >= 0.6 is 23.2 Å². The lowest BCUT2D eigenvalue weighted by Crippen LogP contribution is -2.39. The topological polar surface area (TPSA) is 110 Å². The molecule has 0 spiro atoms. The summed E-state index contributed by atoms with van der Waals surface area (Å²) in [7, 11) is 0. The van der Waals surface area contributed by atoms with Crippen molar-refractivity contribution >= 4 is 40.8 Å². The van der Waals surface area contributed by atoms with Crippen LogP contribution < -0.4 is 5.32 Å². The fourth-order valence-corrected chi connectivity index (χ4v) is 3.02. The Morgan fingerprint density at radius 3 is 2.37 bits per heavy atom. The van der Waals surface area contributed by atoms with Crippen LogP contribution in [0.3, 0.4) is 0 Å². The molecule has 0 saturated carbocycles. The minimum atomic E-state index is -1.06. The number of nitro benzene ring substituents is 1. The predicted molar refractivity (Wildman–Crippen MR) is 101 cm³/mol. The third kappa shape index (κ3) is 6.54. The van der Waals surface area contributed by atoms with Crippen molar-refractivity contribution in [2.75, 3.05) is 0 Å². The quantitative estimate of drug-likeness (QED) is 0.509. The minimum Gasteiger partial charge on any atom is -0.481 e. The number of nitrogens with zero attached hydrogens (tertiary/aromatic N) is 1. The molecule has 1 amide bonds. The number of rotatable bonds is 8. The molecule has 0 saturated heterocycles. The van der Waals surface area contributed by atoms with Crippen LogP contribution in [-0.2, 0) is 22.4 Å². The van der Waals surface area contributed by atoms with Gasteiger partial charge in [0.1, 0.15) is 0 Å². The molecule has 2 N–H and O–H groups in total. The summed E-state index contributed by atoms with van der Waals surface area (Å²) < 4.78 is 0. The molecule has 0 aliphatic heterocycles. The fourth-order valence-electron chi connectivity index (χ4n) is 2.54. The van der Waals surface area contributed by atoms with Gasteiger partial charge < -0.3 is 10.4 Å². The number of benzene rings is 2. The Hall–Kier alpha value is -2.64. The van der Waals surface area contributed by atoms with Gasteiger partial charge in [-0.3, -0.25) is 19.7 Å². The molecule has 0 radical (unpaired) electrons. The van der Waals surface area contributed by atoms with E-state index in [4.69, 9.17) is 28.3 Å². The monoisotopic (exact) mass is 410 g/mol. The summed E-state index contributed by atoms with van der Waals surface area (Å²) in [6, 6.07) is 9.85. The number of hydrogen-bond donors (Lipinski definition) is 2. The molecule has 7 nitrogen and oxygen atoms in total. The van der Waals surface area contributed by atoms with Gasteiger partial charge in [0.2, 0.25) is 5.91 Å². The number of halogens is 2. The smallest absolute Gasteiger partial charge is 0.305 e. The first-order valence-corrected chi connectivity index (χ1v) is 8.68. The Morgan fingerprint density at radius 2 is 1.81 bits per heavy atom. The lowest BCUT2D eigenvalue weighted by atomic mass is 10.0. The maximum atomic E-state index is 12.3. The van der Waals surface area contributed by atoms with Crippen molar-refractivity contribution < 1.29 is 19.6 Å². The fraction of sp³-hybridized carbons (Fsp3) is 0.222. The van der Waals surface area contributed by atoms with Crippen LogP contribution in [0.15, 0.2) is 42.5 Å². The van der Waals surface area contributed by atoms with Crippen molar-refractivity contribution in [2.45, 2.75) is 25.3 Å². The van der Waals surface area contributed by atoms with Gasteiger partial charge in [-0.1, -0.05) is 41.4 Å². The average molecular weight is 411 g/mol. The average Bonchev–Trinajstić information content (AvgIpc) is 2.57. The normalized spacial score (nSPS) is 11.6. The van der Waals surface area contributed by atoms with Crippen LogP contribution in [0.1, 0.15) is 17.5 Å². The summed E-state index contributed by atoms with van der Waals surface area (Å²) in [5.74, 6) is -1.45. The van der Waals surface area contributed by atoms with E-state index < -0.39 is 16.9 Å². The van der Waals surface area contributed by atoms with Crippen molar-refractivity contribution in [3.63, 3.8) is 0 Å². The first-order chi connectivity index (χ1) is 12.7. The molecular formula is C18H16Cl2N2O5. The van der Waals surface area contributed by atoms with Crippen LogP contribution in [0, 0.1) is 10.1 Å². The highest BCUT2D eigenvalue weighted by atomic mass is 35.5. The second kappa shape index (κ2) is 9.34. The number of hydrogen-bond acceptors (Lipinski definition) is 4. The molecule has 0 fully saturated rings. The van der Waals surface area contributed by atoms with Gasteiger partial charge in [0, 0.05) is 28.2 Å². The van der Waals surface area contributed by atoms with Gasteiger partial charge in [0.15, 0.2) is 0 Å². The van der Waals surface area contributed by atoms with Crippen LogP contribution in [-0.4, -0.2) is 27.9 Å². The van der Waals surface area contributed by atoms with Crippen molar-refractivity contribution in [1.29, 1.82) is 0 Å². The lowest BCUT2D eigenvalue weighted by Gasteiger charge is -2.17. The number of carbonyl (C=O) groups excluding carboxylic acids is 1. The Morgan fingerprint density at radius 1 is 1.15 bits per heavy atom. The summed E-state index contributed by atoms with van der Waals surface area (Å²) >= 11 is 11.9. The molecule has 0 unspecified atom stereocenters. The second-order valence-electron chi connectivity index (χ2n) is 5.90. The number of amides is 1. The Bertz CT molecular complexity index is 855. The molecule has 2 aromatic rings. The summed E-state index contributed by atoms with van der Waals surface area (Å²) in [5, 5.41) is 23.3. The number of nitro groups is 1. The van der Waals surface area contributed by atoms with E-state index in [0.29, 0.717) is 21.2 Å². The Kier molecular flexibility index (Phi) is 7.15. The largest absolute Gasteiger partial charge is 0.481 e. The molecular weight excluding hydrogens is 395 g/mol. The van der Waals surface area contributed by atoms with Gasteiger partial charge in [0.05, 0.1) is 17.8 Å². The van der Waals surface area contributed by atoms with E-state index in [1.165, 1.54) is 30.3 Å². The van der Waals surface area contributed by atoms with E-state index in [0.717, 1.165) is 0 Å². The highest BCUT2D eigenvalue weighted by molar-refractivity contribution is 6.35. The second-order valence-corrected chi connectivity index (χ2v) is 6.75. The SMILES string of the molecule is O=C(O)C[C@H](Cc1ccc([N+](=O)[O-])cc1)NC(=O)Cc1ccc(Cl)cc1Cl. The lowest BCUT2D eigenvalue weighted by molar-refractivity contribution is -0.384. The molecule has 27 heavy (non-hydrogen) atoms. The van der Waals surface area contributed by atoms with Crippen LogP contribution in [0.25, 0.3) is 0 Å². The van der Waals surface area contributed by atoms with Gasteiger partial charge >= 0.3 is 5.97 Å². The standard InChI is InChI=1S/C18H16Cl2N2O5/c19-13-4-3-12(16(20)9-13)8-17(23)21-14(10-18(24)25)7-11-1-5-15(6-2-11)22(26)27/h1-6,9,14H,7-8,10H2,(H,21,23)(H,24,25)/t14-/m0/s1. The Balaban J connectivity index is 2.05. The number of aliphatic carboxylic acids is 1. The molecule has 142 valence electrons. The molecule has 0 heterocycles. The highest BCUT2D eigenvalue weighted by Gasteiger charge is 2.18. The zero-order chi connectivity index (χ0) is 20.0. The zero-order valence-electron chi connectivity index (χ0n) is 14.0. The molecule has 2 aromatic carbocycles. The van der Waals surface area contributed by atoms with Gasteiger partial charge in [-0.15, -0.1) is 0 Å². The summed E-state index contributed by atoms with van der Waals surface area (Å²) in [5.41, 5.74) is 1.19. The molecule has 9 heteroatoms. The zero-order valence-corrected chi connectivity index (χ0v) is 15.5. The van der Waals surface area contributed by atoms with E-state index >= 15 is 0 Å². The van der Waals surface area contributed by atoms with Crippen LogP contribution in [0.5, 0.6) is 0 Å². The van der Waals surface area contributed by atoms with Crippen LogP contribution in [0.2, 0.25) is 10.0 Å². The van der Waals surface area contributed by atoms with Gasteiger partial charge in [-0.05, 0) is 29.7 Å². The minimum absolute atomic E-state index is 0.0214. The number of carboxylic acids is 1. The van der Waals surface area contributed by atoms with Crippen molar-refractivity contribution in [1.82, 2.24) is 5.32 Å². The number of nitrogens with one attached hydrogen (secondary N) is 1. The van der Waals surface area contributed by atoms with Gasteiger partial charge in [-0.2, -0.15) is 0 Å². The molecule has 0 bridgehead atoms. The first-order valence-electron chi connectivity index (χ1n) is 7.93. The number of carbonyl (C=O) groups is 2. The molecule has 1 atom stereocenters. The number of carboxylic acid groups (broad SMARTS) is 1. The van der Waals surface area contributed by atoms with Crippen molar-refractivity contribution in [3.8, 4) is 0 Å². The van der Waals surface area contributed by atoms with E-state index in [2.05, 4.69) is 5.32 Å². The van der Waals surface area contributed by atoms with Crippen LogP contribution in [0.4, 0.5) is 5.69 Å². The number of non-ortho nitro benzene ring substituents is 1. The van der Waals surface area contributed by atoms with Crippen molar-refractivity contribution in [2.24, 2.45) is 0 Å². The molecule has 0 aliphatic rings.